The first-order valence-corrected chi connectivity index (χ1v) is 12.8. The van der Waals surface area contributed by atoms with Gasteiger partial charge in [0.25, 0.3) is 0 Å². The Balaban J connectivity index is 1.25. The van der Waals surface area contributed by atoms with Gasteiger partial charge < -0.3 is 24.6 Å². The lowest BCUT2D eigenvalue weighted by atomic mass is 9.74. The Morgan fingerprint density at radius 1 is 1.33 bits per heavy atom. The fourth-order valence-electron chi connectivity index (χ4n) is 6.68. The van der Waals surface area contributed by atoms with E-state index in [2.05, 4.69) is 29.1 Å². The Hall–Kier alpha value is -1.98. The summed E-state index contributed by atoms with van der Waals surface area (Å²) in [6, 6.07) is 1.72. The number of hydrogen-bond acceptors (Lipinski definition) is 7. The number of alkyl halides is 3. The molecular weight excluding hydrogens is 475 g/mol. The number of hydrogen-bond donors (Lipinski definition) is 1. The number of rotatable bonds is 6. The summed E-state index contributed by atoms with van der Waals surface area (Å²) in [4.78, 5) is 25.1. The molecule has 2 bridgehead atoms. The number of methoxy groups -OCH3 is 1. The van der Waals surface area contributed by atoms with Crippen LogP contribution in [0.25, 0.3) is 0 Å². The highest BCUT2D eigenvalue weighted by Crippen LogP contribution is 2.48. The molecule has 4 aliphatic rings. The van der Waals surface area contributed by atoms with E-state index >= 15 is 0 Å². The van der Waals surface area contributed by atoms with Crippen LogP contribution in [0.1, 0.15) is 53.1 Å². The maximum Gasteiger partial charge on any atom is 0.451 e. The molecule has 1 amide bonds. The van der Waals surface area contributed by atoms with Gasteiger partial charge in [0.15, 0.2) is 0 Å². The van der Waals surface area contributed by atoms with Crippen molar-refractivity contribution in [2.75, 3.05) is 38.3 Å². The van der Waals surface area contributed by atoms with Crippen molar-refractivity contribution in [1.29, 1.82) is 0 Å². The average Bonchev–Trinajstić information content (AvgIpc) is 3.60. The number of fused-ring (bicyclic) bond motifs is 2. The quantitative estimate of drug-likeness (QED) is 0.628. The number of carbonyl (C=O) groups excluding carboxylic acids is 1. The molecule has 5 rings (SSSR count). The smallest absolute Gasteiger partial charge is 0.379 e. The van der Waals surface area contributed by atoms with E-state index in [-0.39, 0.29) is 55.0 Å². The highest BCUT2D eigenvalue weighted by Gasteiger charge is 2.55. The highest BCUT2D eigenvalue weighted by atomic mass is 19.4. The minimum absolute atomic E-state index is 0.0326. The summed E-state index contributed by atoms with van der Waals surface area (Å²) in [6.45, 7) is 6.33. The van der Waals surface area contributed by atoms with Crippen molar-refractivity contribution in [3.8, 4) is 0 Å². The third-order valence-corrected chi connectivity index (χ3v) is 8.74. The molecule has 0 radical (unpaired) electrons. The molecule has 1 aromatic rings. The zero-order valence-electron chi connectivity index (χ0n) is 21.8. The number of aromatic nitrogens is 2. The second kappa shape index (κ2) is 9.72. The molecule has 1 aromatic heterocycles. The molecular formula is C25H36F3N5O3. The van der Waals surface area contributed by atoms with E-state index in [1.165, 1.54) is 6.07 Å². The van der Waals surface area contributed by atoms with Gasteiger partial charge in [0.05, 0.1) is 31.6 Å². The number of likely N-dealkylation sites (tertiary alicyclic amines) is 1. The van der Waals surface area contributed by atoms with Gasteiger partial charge in [-0.2, -0.15) is 13.2 Å². The summed E-state index contributed by atoms with van der Waals surface area (Å²) >= 11 is 0. The van der Waals surface area contributed by atoms with Crippen LogP contribution in [0.5, 0.6) is 0 Å². The molecule has 4 fully saturated rings. The van der Waals surface area contributed by atoms with Gasteiger partial charge in [0.2, 0.25) is 11.7 Å². The molecule has 6 atom stereocenters. The Kier molecular flexibility index (Phi) is 6.58. The zero-order chi connectivity index (χ0) is 26.4. The van der Waals surface area contributed by atoms with Crippen LogP contribution in [0.3, 0.4) is 0 Å². The Bertz CT molecular complexity index is 983. The first-order valence-electron chi connectivity index (χ1n) is 13.6. The summed E-state index contributed by atoms with van der Waals surface area (Å²) < 4.78 is 57.9. The fraction of sp³-hybridized carbons (Fsp3) is 0.800. The van der Waals surface area contributed by atoms with Crippen LogP contribution < -0.4 is 10.2 Å². The second-order valence-corrected chi connectivity index (χ2v) is 11.0. The molecule has 1 saturated carbocycles. The monoisotopic (exact) mass is 512 g/mol. The Morgan fingerprint density at radius 3 is 2.86 bits per heavy atom. The first-order chi connectivity index (χ1) is 17.6. The largest absolute Gasteiger partial charge is 0.451 e. The van der Waals surface area contributed by atoms with Crippen LogP contribution in [0.4, 0.5) is 19.0 Å². The standard InChI is InChI=1S/C25H36F3N5O3/c1-15(2)24(7-4-16(11-24)30-19-6-9-36-14-20(19)35-3)23(34)33-13-17-10-18(33)12-32(17)21-5-8-29-22(31-21)25(26,27)28/h5,8,15-20,30H,4,6-7,9-14H2,1-3H3/t16-,17+,18+,19+,20-,24+/m1/s1/i3D. The van der Waals surface area contributed by atoms with E-state index in [0.717, 1.165) is 38.3 Å². The topological polar surface area (TPSA) is 79.8 Å². The maximum absolute atomic E-state index is 14.1. The predicted octanol–water partition coefficient (Wildman–Crippen LogP) is 2.87. The van der Waals surface area contributed by atoms with Crippen LogP contribution in [0.2, 0.25) is 0 Å². The van der Waals surface area contributed by atoms with E-state index in [9.17, 15) is 18.0 Å². The van der Waals surface area contributed by atoms with Gasteiger partial charge in [-0.3, -0.25) is 4.79 Å². The number of halogens is 3. The molecule has 1 N–H and O–H groups in total. The van der Waals surface area contributed by atoms with E-state index in [1.54, 1.807) is 0 Å². The van der Waals surface area contributed by atoms with Crippen molar-refractivity contribution in [3.05, 3.63) is 18.1 Å². The summed E-state index contributed by atoms with van der Waals surface area (Å²) in [5, 5.41) is 3.71. The predicted molar refractivity (Wildman–Crippen MR) is 126 cm³/mol. The van der Waals surface area contributed by atoms with Gasteiger partial charge in [-0.1, -0.05) is 13.8 Å². The number of nitrogens with one attached hydrogen (secondary N) is 1. The highest BCUT2D eigenvalue weighted by molar-refractivity contribution is 5.84. The molecule has 8 nitrogen and oxygen atoms in total. The van der Waals surface area contributed by atoms with Crippen molar-refractivity contribution >= 4 is 11.7 Å². The summed E-state index contributed by atoms with van der Waals surface area (Å²) in [7, 11) is -0.105. The second-order valence-electron chi connectivity index (χ2n) is 11.0. The van der Waals surface area contributed by atoms with E-state index < -0.39 is 17.4 Å². The van der Waals surface area contributed by atoms with Crippen molar-refractivity contribution in [2.45, 2.75) is 82.4 Å². The number of piperazine rings is 1. The lowest BCUT2D eigenvalue weighted by molar-refractivity contribution is -0.146. The van der Waals surface area contributed by atoms with Crippen molar-refractivity contribution < 1.29 is 28.8 Å². The lowest BCUT2D eigenvalue weighted by Crippen LogP contribution is -2.55. The van der Waals surface area contributed by atoms with Crippen LogP contribution in [-0.4, -0.2) is 84.4 Å². The van der Waals surface area contributed by atoms with Crippen molar-refractivity contribution in [2.24, 2.45) is 11.3 Å². The zero-order valence-corrected chi connectivity index (χ0v) is 20.8. The maximum atomic E-state index is 14.1. The van der Waals surface area contributed by atoms with Crippen molar-refractivity contribution in [3.63, 3.8) is 0 Å². The molecule has 3 saturated heterocycles. The van der Waals surface area contributed by atoms with Crippen LogP contribution in [0, 0.1) is 11.3 Å². The van der Waals surface area contributed by atoms with Gasteiger partial charge in [0, 0.05) is 45.1 Å². The lowest BCUT2D eigenvalue weighted by Gasteiger charge is -2.42. The Morgan fingerprint density at radius 2 is 2.17 bits per heavy atom. The number of carbonyl (C=O) groups is 1. The minimum atomic E-state index is -4.59. The molecule has 3 aliphatic heterocycles. The first kappa shape index (κ1) is 24.4. The van der Waals surface area contributed by atoms with Crippen LogP contribution >= 0.6 is 0 Å². The Labute approximate surface area is 211 Å². The SMILES string of the molecule is [2H]CO[C@@H]1COCC[C@@H]1N[C@@H]1CC[C@@](C(=O)N2C[C@@H]3C[C@H]2CN3c2ccnc(C(F)(F)F)n2)(C(C)C)C1. The fourth-order valence-corrected chi connectivity index (χ4v) is 6.68. The van der Waals surface area contributed by atoms with Gasteiger partial charge in [-0.05, 0) is 44.1 Å². The molecule has 4 heterocycles. The summed E-state index contributed by atoms with van der Waals surface area (Å²) in [6.07, 6.45) is 0.388. The third-order valence-electron chi connectivity index (χ3n) is 8.74. The number of anilines is 1. The third kappa shape index (κ3) is 4.58. The molecule has 0 aromatic carbocycles. The molecule has 0 spiro atoms. The average molecular weight is 513 g/mol. The molecule has 11 heteroatoms. The normalized spacial score (nSPS) is 35.1. The van der Waals surface area contributed by atoms with E-state index in [0.29, 0.717) is 26.3 Å². The van der Waals surface area contributed by atoms with Gasteiger partial charge in [-0.15, -0.1) is 0 Å². The minimum Gasteiger partial charge on any atom is -0.379 e. The number of ether oxygens (including phenoxy) is 2. The summed E-state index contributed by atoms with van der Waals surface area (Å²) in [5.74, 6) is -0.535. The molecule has 36 heavy (non-hydrogen) atoms. The van der Waals surface area contributed by atoms with Crippen LogP contribution in [0.15, 0.2) is 12.3 Å². The van der Waals surface area contributed by atoms with Crippen LogP contribution in [-0.2, 0) is 20.4 Å². The molecule has 1 aliphatic carbocycles. The van der Waals surface area contributed by atoms with E-state index in [1.807, 2.05) is 9.80 Å². The van der Waals surface area contributed by atoms with Gasteiger partial charge in [0.1, 0.15) is 5.82 Å². The molecule has 0 unspecified atom stereocenters. The van der Waals surface area contributed by atoms with Gasteiger partial charge >= 0.3 is 6.18 Å². The number of amides is 1. The van der Waals surface area contributed by atoms with Gasteiger partial charge in [-0.25, -0.2) is 9.97 Å². The van der Waals surface area contributed by atoms with Crippen molar-refractivity contribution in [1.82, 2.24) is 20.2 Å². The molecule has 200 valence electrons. The summed E-state index contributed by atoms with van der Waals surface area (Å²) in [5.41, 5.74) is -0.470. The van der Waals surface area contributed by atoms with E-state index in [4.69, 9.17) is 10.8 Å². The number of nitrogens with zero attached hydrogens (tertiary/aromatic N) is 4.